The lowest BCUT2D eigenvalue weighted by Gasteiger charge is -2.07. The number of hydrogen-bond donors (Lipinski definition) is 2. The zero-order valence-corrected chi connectivity index (χ0v) is 12.1. The van der Waals surface area contributed by atoms with E-state index in [0.717, 1.165) is 0 Å². The summed E-state index contributed by atoms with van der Waals surface area (Å²) in [5.74, 6) is 5.26. The molecule has 7 heteroatoms. The van der Waals surface area contributed by atoms with E-state index < -0.39 is 20.8 Å². The quantitative estimate of drug-likeness (QED) is 0.731. The molecule has 104 valence electrons. The van der Waals surface area contributed by atoms with Crippen molar-refractivity contribution in [1.29, 1.82) is 0 Å². The molecule has 2 N–H and O–H groups in total. The number of nitrogens with one attached hydrogen (secondary N) is 1. The summed E-state index contributed by atoms with van der Waals surface area (Å²) >= 11 is 0. The first-order valence-electron chi connectivity index (χ1n) is 5.46. The molecule has 1 aromatic rings. The molecular weight excluding hydrogens is 286 g/mol. The minimum absolute atomic E-state index is 0.0536. The van der Waals surface area contributed by atoms with Crippen LogP contribution < -0.4 is 4.72 Å². The molecule has 0 aliphatic rings. The van der Waals surface area contributed by atoms with Crippen LogP contribution in [0.3, 0.4) is 0 Å². The van der Waals surface area contributed by atoms with Crippen LogP contribution >= 0.6 is 0 Å². The first-order chi connectivity index (χ1) is 8.97. The predicted molar refractivity (Wildman–Crippen MR) is 74.5 cm³/mol. The fraction of sp³-hybridized carbons (Fsp3) is 0.333. The zero-order valence-electron chi connectivity index (χ0n) is 10.4. The van der Waals surface area contributed by atoms with Crippen LogP contribution in [0.1, 0.15) is 5.56 Å². The normalized spacial score (nSPS) is 12.5. The fourth-order valence-corrected chi connectivity index (χ4v) is 3.05. The summed E-state index contributed by atoms with van der Waals surface area (Å²) in [7, 11) is -4.74. The van der Waals surface area contributed by atoms with Crippen molar-refractivity contribution in [3.63, 3.8) is 0 Å². The highest BCUT2D eigenvalue weighted by molar-refractivity contribution is 7.89. The van der Waals surface area contributed by atoms with Gasteiger partial charge in [-0.2, -0.15) is 0 Å². The summed E-state index contributed by atoms with van der Waals surface area (Å²) < 4.78 is 37.4. The van der Waals surface area contributed by atoms with Gasteiger partial charge in [0.1, 0.15) is 6.61 Å². The van der Waals surface area contributed by atoms with Crippen LogP contribution in [0, 0.1) is 11.8 Å². The van der Waals surface area contributed by atoms with Crippen molar-refractivity contribution in [2.24, 2.45) is 0 Å². The smallest absolute Gasteiger partial charge is 0.241 e. The molecule has 1 unspecified atom stereocenters. The topological polar surface area (TPSA) is 83.5 Å². The third-order valence-corrected chi connectivity index (χ3v) is 4.46. The summed E-state index contributed by atoms with van der Waals surface area (Å²) in [4.78, 5) is 0.0536. The SMILES string of the molecule is CS(=O)CCNS(=O)(=O)c1ccccc1C#CCO. The molecule has 0 bridgehead atoms. The first kappa shape index (κ1) is 15.9. The third-order valence-electron chi connectivity index (χ3n) is 2.16. The maximum Gasteiger partial charge on any atom is 0.241 e. The van der Waals surface area contributed by atoms with Crippen LogP contribution in [0.5, 0.6) is 0 Å². The highest BCUT2D eigenvalue weighted by atomic mass is 32.2. The maximum absolute atomic E-state index is 12.1. The largest absolute Gasteiger partial charge is 0.384 e. The molecule has 1 aromatic carbocycles. The van der Waals surface area contributed by atoms with E-state index in [2.05, 4.69) is 16.6 Å². The molecule has 1 rings (SSSR count). The predicted octanol–water partition coefficient (Wildman–Crippen LogP) is -0.313. The Bertz CT molecular complexity index is 614. The van der Waals surface area contributed by atoms with Crippen molar-refractivity contribution < 1.29 is 17.7 Å². The van der Waals surface area contributed by atoms with Crippen LogP contribution in [0.25, 0.3) is 0 Å². The zero-order chi connectivity index (χ0) is 14.3. The minimum Gasteiger partial charge on any atom is -0.384 e. The summed E-state index contributed by atoms with van der Waals surface area (Å²) in [5, 5.41) is 8.65. The molecule has 0 aliphatic carbocycles. The van der Waals surface area contributed by atoms with Gasteiger partial charge in [0.25, 0.3) is 0 Å². The van der Waals surface area contributed by atoms with Gasteiger partial charge >= 0.3 is 0 Å². The average Bonchev–Trinajstić information content (AvgIpc) is 2.36. The molecular formula is C12H15NO4S2. The molecule has 19 heavy (non-hydrogen) atoms. The van der Waals surface area contributed by atoms with E-state index in [9.17, 15) is 12.6 Å². The molecule has 0 aliphatic heterocycles. The lowest BCUT2D eigenvalue weighted by molar-refractivity contribution is 0.350. The van der Waals surface area contributed by atoms with E-state index in [-0.39, 0.29) is 23.8 Å². The lowest BCUT2D eigenvalue weighted by atomic mass is 10.2. The lowest BCUT2D eigenvalue weighted by Crippen LogP contribution is -2.28. The van der Waals surface area contributed by atoms with E-state index in [1.165, 1.54) is 12.3 Å². The van der Waals surface area contributed by atoms with Gasteiger partial charge in [-0.3, -0.25) is 4.21 Å². The van der Waals surface area contributed by atoms with Crippen molar-refractivity contribution >= 4 is 20.8 Å². The van der Waals surface area contributed by atoms with E-state index in [4.69, 9.17) is 5.11 Å². The molecule has 0 saturated carbocycles. The summed E-state index contributed by atoms with van der Waals surface area (Å²) in [5.41, 5.74) is 0.321. The number of aliphatic hydroxyl groups excluding tert-OH is 1. The standard InChI is InChI=1S/C12H15NO4S2/c1-18(15)10-8-13-19(16,17)12-7-3-2-5-11(12)6-4-9-14/h2-3,5,7,13-14H,8-10H2,1H3. The highest BCUT2D eigenvalue weighted by Crippen LogP contribution is 2.13. The molecule has 0 amide bonds. The molecule has 0 saturated heterocycles. The van der Waals surface area contributed by atoms with Crippen LogP contribution in [-0.2, 0) is 20.8 Å². The van der Waals surface area contributed by atoms with Crippen LogP contribution in [-0.4, -0.2) is 42.9 Å². The summed E-state index contributed by atoms with van der Waals surface area (Å²) in [6.45, 7) is -0.232. The number of rotatable bonds is 5. The molecule has 0 spiro atoms. The number of sulfonamides is 1. The Labute approximate surface area is 115 Å². The number of hydrogen-bond acceptors (Lipinski definition) is 4. The van der Waals surface area contributed by atoms with Crippen molar-refractivity contribution in [3.05, 3.63) is 29.8 Å². The van der Waals surface area contributed by atoms with Crippen LogP contribution in [0.15, 0.2) is 29.2 Å². The van der Waals surface area contributed by atoms with Gasteiger partial charge < -0.3 is 5.11 Å². The second-order valence-electron chi connectivity index (χ2n) is 3.63. The summed E-state index contributed by atoms with van der Waals surface area (Å²) in [6.07, 6.45) is 1.51. The molecule has 5 nitrogen and oxygen atoms in total. The van der Waals surface area contributed by atoms with E-state index in [0.29, 0.717) is 5.56 Å². The maximum atomic E-state index is 12.1. The van der Waals surface area contributed by atoms with Gasteiger partial charge in [-0.05, 0) is 12.1 Å². The molecule has 0 heterocycles. The van der Waals surface area contributed by atoms with Gasteiger partial charge in [0.2, 0.25) is 10.0 Å². The van der Waals surface area contributed by atoms with Gasteiger partial charge in [0, 0.05) is 34.9 Å². The Morgan fingerprint density at radius 2 is 2.05 bits per heavy atom. The highest BCUT2D eigenvalue weighted by Gasteiger charge is 2.16. The fourth-order valence-electron chi connectivity index (χ4n) is 1.34. The second kappa shape index (κ2) is 7.40. The Morgan fingerprint density at radius 3 is 2.68 bits per heavy atom. The van der Waals surface area contributed by atoms with Crippen molar-refractivity contribution in [3.8, 4) is 11.8 Å². The third kappa shape index (κ3) is 5.12. The Morgan fingerprint density at radius 1 is 1.37 bits per heavy atom. The monoisotopic (exact) mass is 301 g/mol. The number of aliphatic hydroxyl groups is 1. The van der Waals surface area contributed by atoms with Crippen molar-refractivity contribution in [2.75, 3.05) is 25.2 Å². The first-order valence-corrected chi connectivity index (χ1v) is 8.67. The van der Waals surface area contributed by atoms with Gasteiger partial charge in [0.15, 0.2) is 0 Å². The average molecular weight is 301 g/mol. The van der Waals surface area contributed by atoms with E-state index in [1.807, 2.05) is 0 Å². The van der Waals surface area contributed by atoms with E-state index >= 15 is 0 Å². The molecule has 1 atom stereocenters. The Kier molecular flexibility index (Phi) is 6.18. The van der Waals surface area contributed by atoms with Gasteiger partial charge in [0.05, 0.1) is 4.90 Å². The van der Waals surface area contributed by atoms with Crippen molar-refractivity contribution in [1.82, 2.24) is 4.72 Å². The second-order valence-corrected chi connectivity index (χ2v) is 6.92. The van der Waals surface area contributed by atoms with E-state index in [1.54, 1.807) is 18.2 Å². The van der Waals surface area contributed by atoms with Crippen molar-refractivity contribution in [2.45, 2.75) is 4.90 Å². The van der Waals surface area contributed by atoms with Gasteiger partial charge in [-0.15, -0.1) is 0 Å². The minimum atomic E-state index is -3.69. The Balaban J connectivity index is 2.97. The van der Waals surface area contributed by atoms with Crippen LogP contribution in [0.4, 0.5) is 0 Å². The van der Waals surface area contributed by atoms with Gasteiger partial charge in [-0.1, -0.05) is 24.0 Å². The number of benzene rings is 1. The van der Waals surface area contributed by atoms with Crippen LogP contribution in [0.2, 0.25) is 0 Å². The molecule has 0 fully saturated rings. The molecule has 0 aromatic heterocycles. The van der Waals surface area contributed by atoms with Gasteiger partial charge in [-0.25, -0.2) is 13.1 Å². The summed E-state index contributed by atoms with van der Waals surface area (Å²) in [6, 6.07) is 6.26. The molecule has 0 radical (unpaired) electrons. The Hall–Kier alpha value is -1.20.